The first-order valence-electron chi connectivity index (χ1n) is 7.90. The van der Waals surface area contributed by atoms with Gasteiger partial charge in [0, 0.05) is 23.4 Å². The van der Waals surface area contributed by atoms with Crippen LogP contribution in [0.2, 0.25) is 0 Å². The molecule has 0 atom stereocenters. The molecule has 1 saturated heterocycles. The number of hydrogen-bond acceptors (Lipinski definition) is 5. The Labute approximate surface area is 134 Å². The van der Waals surface area contributed by atoms with Crippen molar-refractivity contribution in [2.24, 2.45) is 0 Å². The minimum absolute atomic E-state index is 0.00199. The number of rotatable bonds is 3. The van der Waals surface area contributed by atoms with Crippen LogP contribution in [0.25, 0.3) is 17.1 Å². The van der Waals surface area contributed by atoms with Crippen molar-refractivity contribution >= 4 is 0 Å². The van der Waals surface area contributed by atoms with Gasteiger partial charge in [-0.25, -0.2) is 4.68 Å². The first-order valence-corrected chi connectivity index (χ1v) is 7.90. The predicted molar refractivity (Wildman–Crippen MR) is 86.3 cm³/mol. The molecular formula is C17H19N5O. The average molecular weight is 309 g/mol. The van der Waals surface area contributed by atoms with Gasteiger partial charge in [-0.15, -0.1) is 0 Å². The van der Waals surface area contributed by atoms with E-state index < -0.39 is 0 Å². The second kappa shape index (κ2) is 5.62. The molecule has 118 valence electrons. The molecule has 1 aliphatic rings. The summed E-state index contributed by atoms with van der Waals surface area (Å²) >= 11 is 0. The fraction of sp³-hybridized carbons (Fsp3) is 0.353. The summed E-state index contributed by atoms with van der Waals surface area (Å²) in [6, 6.07) is 9.87. The van der Waals surface area contributed by atoms with E-state index in [2.05, 4.69) is 27.5 Å². The zero-order chi connectivity index (χ0) is 15.7. The highest BCUT2D eigenvalue weighted by Gasteiger charge is 2.33. The van der Waals surface area contributed by atoms with E-state index in [1.54, 1.807) is 6.20 Å². The van der Waals surface area contributed by atoms with Crippen molar-refractivity contribution in [2.45, 2.75) is 25.2 Å². The molecule has 0 bridgehead atoms. The van der Waals surface area contributed by atoms with Crippen molar-refractivity contribution in [3.63, 3.8) is 0 Å². The quantitative estimate of drug-likeness (QED) is 0.805. The van der Waals surface area contributed by atoms with Crippen molar-refractivity contribution < 1.29 is 4.52 Å². The molecule has 1 aromatic carbocycles. The van der Waals surface area contributed by atoms with Crippen LogP contribution >= 0.6 is 0 Å². The minimum atomic E-state index is 0.00199. The fourth-order valence-electron chi connectivity index (χ4n) is 2.97. The van der Waals surface area contributed by atoms with Crippen molar-refractivity contribution in [2.75, 3.05) is 13.1 Å². The van der Waals surface area contributed by atoms with Gasteiger partial charge in [-0.2, -0.15) is 10.1 Å². The van der Waals surface area contributed by atoms with Gasteiger partial charge in [0.05, 0.1) is 5.69 Å². The van der Waals surface area contributed by atoms with Gasteiger partial charge in [-0.05, 0) is 56.3 Å². The minimum Gasteiger partial charge on any atom is -0.334 e. The molecule has 1 aliphatic heterocycles. The molecule has 1 N–H and O–H groups in total. The van der Waals surface area contributed by atoms with Crippen LogP contribution < -0.4 is 5.32 Å². The van der Waals surface area contributed by atoms with E-state index in [-0.39, 0.29) is 5.41 Å². The number of nitrogens with zero attached hydrogens (tertiary/aromatic N) is 4. The van der Waals surface area contributed by atoms with Crippen molar-refractivity contribution in [1.29, 1.82) is 0 Å². The van der Waals surface area contributed by atoms with Crippen molar-refractivity contribution in [3.05, 3.63) is 48.5 Å². The van der Waals surface area contributed by atoms with Crippen LogP contribution in [0.5, 0.6) is 0 Å². The summed E-state index contributed by atoms with van der Waals surface area (Å²) in [4.78, 5) is 4.64. The summed E-state index contributed by atoms with van der Waals surface area (Å²) in [5.74, 6) is 1.39. The lowest BCUT2D eigenvalue weighted by Gasteiger charge is -2.30. The molecule has 23 heavy (non-hydrogen) atoms. The molecule has 2 aromatic heterocycles. The monoisotopic (exact) mass is 309 g/mol. The summed E-state index contributed by atoms with van der Waals surface area (Å²) in [7, 11) is 0. The third-order valence-corrected chi connectivity index (χ3v) is 4.56. The third kappa shape index (κ3) is 2.66. The molecule has 0 radical (unpaired) electrons. The van der Waals surface area contributed by atoms with Crippen LogP contribution in [0, 0.1) is 0 Å². The summed E-state index contributed by atoms with van der Waals surface area (Å²) < 4.78 is 7.31. The van der Waals surface area contributed by atoms with E-state index in [4.69, 9.17) is 4.52 Å². The summed E-state index contributed by atoms with van der Waals surface area (Å²) in [5.41, 5.74) is 1.93. The highest BCUT2D eigenvalue weighted by atomic mass is 16.5. The van der Waals surface area contributed by atoms with Gasteiger partial charge in [-0.1, -0.05) is 12.1 Å². The molecule has 0 spiro atoms. The standard InChI is InChI=1S/C17H19N5O/c1-17(7-10-18-11-8-17)16-20-15(23-21-16)13-3-5-14(6-4-13)22-12-2-9-19-22/h2-6,9,12,18H,7-8,10-11H2,1H3. The Bertz CT molecular complexity index is 770. The molecule has 0 amide bonds. The highest BCUT2D eigenvalue weighted by molar-refractivity contribution is 5.55. The van der Waals surface area contributed by atoms with E-state index >= 15 is 0 Å². The van der Waals surface area contributed by atoms with Gasteiger partial charge in [0.25, 0.3) is 5.89 Å². The van der Waals surface area contributed by atoms with Gasteiger partial charge in [0.1, 0.15) is 0 Å². The van der Waals surface area contributed by atoms with E-state index in [9.17, 15) is 0 Å². The van der Waals surface area contributed by atoms with Gasteiger partial charge in [0.2, 0.25) is 0 Å². The molecule has 1 fully saturated rings. The highest BCUT2D eigenvalue weighted by Crippen LogP contribution is 2.32. The van der Waals surface area contributed by atoms with Crippen LogP contribution in [0.1, 0.15) is 25.6 Å². The van der Waals surface area contributed by atoms with E-state index in [0.29, 0.717) is 5.89 Å². The van der Waals surface area contributed by atoms with Gasteiger partial charge in [0.15, 0.2) is 5.82 Å². The number of benzene rings is 1. The Hall–Kier alpha value is -2.47. The Morgan fingerprint density at radius 1 is 1.17 bits per heavy atom. The van der Waals surface area contributed by atoms with Crippen LogP contribution in [-0.4, -0.2) is 33.0 Å². The second-order valence-corrected chi connectivity index (χ2v) is 6.23. The van der Waals surface area contributed by atoms with E-state index in [1.807, 2.05) is 41.2 Å². The summed E-state index contributed by atoms with van der Waals surface area (Å²) in [6.45, 7) is 4.21. The Kier molecular flexibility index (Phi) is 3.46. The zero-order valence-electron chi connectivity index (χ0n) is 13.1. The van der Waals surface area contributed by atoms with Crippen LogP contribution in [0.3, 0.4) is 0 Å². The maximum atomic E-state index is 5.50. The topological polar surface area (TPSA) is 68.8 Å². The molecule has 6 heteroatoms. The molecular weight excluding hydrogens is 290 g/mol. The SMILES string of the molecule is CC1(c2noc(-c3ccc(-n4cccn4)cc3)n2)CCNCC1. The molecule has 4 rings (SSSR count). The molecule has 6 nitrogen and oxygen atoms in total. The largest absolute Gasteiger partial charge is 0.334 e. The lowest BCUT2D eigenvalue weighted by Crippen LogP contribution is -2.38. The molecule has 0 aliphatic carbocycles. The maximum Gasteiger partial charge on any atom is 0.257 e. The van der Waals surface area contributed by atoms with Crippen molar-refractivity contribution in [1.82, 2.24) is 25.2 Å². The summed E-state index contributed by atoms with van der Waals surface area (Å²) in [6.07, 6.45) is 5.74. The van der Waals surface area contributed by atoms with Gasteiger partial charge >= 0.3 is 0 Å². The smallest absolute Gasteiger partial charge is 0.257 e. The van der Waals surface area contributed by atoms with E-state index in [1.165, 1.54) is 0 Å². The average Bonchev–Trinajstić information content (AvgIpc) is 3.28. The molecule has 3 aromatic rings. The van der Waals surface area contributed by atoms with Crippen LogP contribution in [0.15, 0.2) is 47.2 Å². The molecule has 0 saturated carbocycles. The Morgan fingerprint density at radius 3 is 2.65 bits per heavy atom. The van der Waals surface area contributed by atoms with Crippen molar-refractivity contribution in [3.8, 4) is 17.1 Å². The number of hydrogen-bond donors (Lipinski definition) is 1. The summed E-state index contributed by atoms with van der Waals surface area (Å²) in [5, 5.41) is 11.8. The number of aromatic nitrogens is 4. The first-order chi connectivity index (χ1) is 11.2. The van der Waals surface area contributed by atoms with Crippen LogP contribution in [-0.2, 0) is 5.41 Å². The van der Waals surface area contributed by atoms with E-state index in [0.717, 1.165) is 43.0 Å². The number of piperidine rings is 1. The van der Waals surface area contributed by atoms with Crippen LogP contribution in [0.4, 0.5) is 0 Å². The Balaban J connectivity index is 1.59. The third-order valence-electron chi connectivity index (χ3n) is 4.56. The first kappa shape index (κ1) is 14.1. The maximum absolute atomic E-state index is 5.50. The normalized spacial score (nSPS) is 17.3. The molecule has 3 heterocycles. The zero-order valence-corrected chi connectivity index (χ0v) is 13.1. The Morgan fingerprint density at radius 2 is 1.96 bits per heavy atom. The lowest BCUT2D eigenvalue weighted by atomic mass is 9.80. The fourth-order valence-corrected chi connectivity index (χ4v) is 2.97. The van der Waals surface area contributed by atoms with Gasteiger partial charge < -0.3 is 9.84 Å². The molecule has 0 unspecified atom stereocenters. The second-order valence-electron chi connectivity index (χ2n) is 6.23. The lowest BCUT2D eigenvalue weighted by molar-refractivity contribution is 0.303. The number of nitrogens with one attached hydrogen (secondary N) is 1. The van der Waals surface area contributed by atoms with Gasteiger partial charge in [-0.3, -0.25) is 0 Å². The predicted octanol–water partition coefficient (Wildman–Crippen LogP) is 2.56.